The van der Waals surface area contributed by atoms with Crippen molar-refractivity contribution in [3.8, 4) is 11.1 Å². The fraction of sp³-hybridized carbons (Fsp3) is 0.440. The summed E-state index contributed by atoms with van der Waals surface area (Å²) in [6, 6.07) is 5.95. The highest BCUT2D eigenvalue weighted by atomic mass is 35.5. The van der Waals surface area contributed by atoms with Crippen LogP contribution in [0.25, 0.3) is 11.1 Å². The number of benzene rings is 1. The molecule has 2 aromatic heterocycles. The van der Waals surface area contributed by atoms with Crippen LogP contribution in [0.4, 0.5) is 18.9 Å². The summed E-state index contributed by atoms with van der Waals surface area (Å²) in [7, 11) is 0. The van der Waals surface area contributed by atoms with Gasteiger partial charge in [-0.05, 0) is 29.7 Å². The van der Waals surface area contributed by atoms with E-state index in [1.54, 1.807) is 23.4 Å². The first kappa shape index (κ1) is 28.4. The zero-order valence-electron chi connectivity index (χ0n) is 21.0. The SMILES string of the molecule is Cc1cc(-c2ccncc2N2CCNC(C(F)(F)F)C2)ccc1CNC(=O)c1noc(C(C)(C)C)n1.Cl. The van der Waals surface area contributed by atoms with E-state index in [2.05, 4.69) is 25.8 Å². The molecule has 8 nitrogen and oxygen atoms in total. The average molecular weight is 539 g/mol. The molecule has 3 heterocycles. The second-order valence-corrected chi connectivity index (χ2v) is 9.88. The van der Waals surface area contributed by atoms with E-state index < -0.39 is 18.1 Å². The van der Waals surface area contributed by atoms with Crippen LogP contribution in [0, 0.1) is 6.92 Å². The third-order valence-electron chi connectivity index (χ3n) is 6.07. The number of pyridine rings is 1. The molecule has 0 radical (unpaired) electrons. The summed E-state index contributed by atoms with van der Waals surface area (Å²) >= 11 is 0. The van der Waals surface area contributed by atoms with Crippen LogP contribution in [-0.2, 0) is 12.0 Å². The van der Waals surface area contributed by atoms with Gasteiger partial charge in [0.15, 0.2) is 0 Å². The smallest absolute Gasteiger partial charge is 0.367 e. The Kier molecular flexibility index (Phi) is 8.49. The van der Waals surface area contributed by atoms with Gasteiger partial charge in [-0.15, -0.1) is 12.4 Å². The number of alkyl halides is 3. The summed E-state index contributed by atoms with van der Waals surface area (Å²) in [5.41, 5.74) is 3.76. The first-order valence-corrected chi connectivity index (χ1v) is 11.6. The van der Waals surface area contributed by atoms with Crippen LogP contribution in [-0.4, -0.2) is 52.9 Å². The van der Waals surface area contributed by atoms with Crippen molar-refractivity contribution < 1.29 is 22.5 Å². The van der Waals surface area contributed by atoms with Gasteiger partial charge in [0.1, 0.15) is 6.04 Å². The maximum Gasteiger partial charge on any atom is 0.405 e. The fourth-order valence-electron chi connectivity index (χ4n) is 4.01. The van der Waals surface area contributed by atoms with Gasteiger partial charge in [-0.2, -0.15) is 18.2 Å². The van der Waals surface area contributed by atoms with Gasteiger partial charge >= 0.3 is 6.18 Å². The molecule has 1 amide bonds. The predicted molar refractivity (Wildman–Crippen MR) is 136 cm³/mol. The van der Waals surface area contributed by atoms with Crippen molar-refractivity contribution in [2.75, 3.05) is 24.5 Å². The molecule has 0 saturated carbocycles. The number of carbonyl (C=O) groups is 1. The normalized spacial score (nSPS) is 16.3. The molecule has 3 aromatic rings. The van der Waals surface area contributed by atoms with Crippen LogP contribution in [0.5, 0.6) is 0 Å². The Hall–Kier alpha value is -3.18. The van der Waals surface area contributed by atoms with Crippen molar-refractivity contribution in [3.63, 3.8) is 0 Å². The molecule has 1 aliphatic rings. The second-order valence-electron chi connectivity index (χ2n) is 9.88. The number of hydrogen-bond acceptors (Lipinski definition) is 7. The highest BCUT2D eigenvalue weighted by molar-refractivity contribution is 5.90. The quantitative estimate of drug-likeness (QED) is 0.496. The minimum atomic E-state index is -4.32. The number of amides is 1. The molecule has 1 aliphatic heterocycles. The number of carbonyl (C=O) groups excluding carboxylic acids is 1. The van der Waals surface area contributed by atoms with Gasteiger partial charge < -0.3 is 20.1 Å². The second kappa shape index (κ2) is 11.1. The third-order valence-corrected chi connectivity index (χ3v) is 6.07. The summed E-state index contributed by atoms with van der Waals surface area (Å²) in [6.07, 6.45) is -1.09. The molecule has 0 aliphatic carbocycles. The average Bonchev–Trinajstić information content (AvgIpc) is 3.34. The molecule has 0 bridgehead atoms. The zero-order chi connectivity index (χ0) is 26.1. The Balaban J connectivity index is 0.00000380. The van der Waals surface area contributed by atoms with Crippen molar-refractivity contribution in [1.82, 2.24) is 25.8 Å². The monoisotopic (exact) mass is 538 g/mol. The standard InChI is InChI=1S/C25H29F3N6O2.ClH/c1-15-11-16(5-6-17(15)12-31-22(35)21-32-23(36-33-21)24(2,3)4)18-7-8-29-13-19(18)34-10-9-30-20(14-34)25(26,27)28;/h5-8,11,13,20,30H,9-10,12,14H2,1-4H3,(H,31,35);1H. The van der Waals surface area contributed by atoms with E-state index in [1.165, 1.54) is 0 Å². The maximum atomic E-state index is 13.3. The van der Waals surface area contributed by atoms with Gasteiger partial charge in [0.25, 0.3) is 11.7 Å². The molecule has 0 spiro atoms. The van der Waals surface area contributed by atoms with E-state index in [9.17, 15) is 18.0 Å². The molecular weight excluding hydrogens is 509 g/mol. The summed E-state index contributed by atoms with van der Waals surface area (Å²) < 4.78 is 45.1. The van der Waals surface area contributed by atoms with Crippen molar-refractivity contribution >= 4 is 24.0 Å². The van der Waals surface area contributed by atoms with Crippen LogP contribution in [0.3, 0.4) is 0 Å². The van der Waals surface area contributed by atoms with E-state index in [0.717, 1.165) is 22.3 Å². The Morgan fingerprint density at radius 3 is 2.65 bits per heavy atom. The molecule has 2 N–H and O–H groups in total. The predicted octanol–water partition coefficient (Wildman–Crippen LogP) is 4.43. The Morgan fingerprint density at radius 2 is 2.00 bits per heavy atom. The van der Waals surface area contributed by atoms with Crippen LogP contribution in [0.2, 0.25) is 0 Å². The Bertz CT molecular complexity index is 1240. The molecule has 1 saturated heterocycles. The number of halogens is 4. The lowest BCUT2D eigenvalue weighted by Crippen LogP contribution is -2.57. The van der Waals surface area contributed by atoms with Crippen molar-refractivity contribution in [2.24, 2.45) is 0 Å². The molecule has 12 heteroatoms. The van der Waals surface area contributed by atoms with Crippen LogP contribution < -0.4 is 15.5 Å². The summed E-state index contributed by atoms with van der Waals surface area (Å²) in [5, 5.41) is 9.11. The highest BCUT2D eigenvalue weighted by Crippen LogP contribution is 2.33. The molecule has 1 aromatic carbocycles. The zero-order valence-corrected chi connectivity index (χ0v) is 21.8. The number of anilines is 1. The molecule has 200 valence electrons. The van der Waals surface area contributed by atoms with Gasteiger partial charge in [-0.3, -0.25) is 9.78 Å². The van der Waals surface area contributed by atoms with Gasteiger partial charge in [0.2, 0.25) is 5.89 Å². The molecule has 1 unspecified atom stereocenters. The number of aryl methyl sites for hydroxylation is 1. The Morgan fingerprint density at radius 1 is 1.24 bits per heavy atom. The van der Waals surface area contributed by atoms with E-state index in [0.29, 0.717) is 18.1 Å². The summed E-state index contributed by atoms with van der Waals surface area (Å²) in [6.45, 7) is 8.42. The van der Waals surface area contributed by atoms with Gasteiger partial charge in [-0.25, -0.2) is 0 Å². The minimum absolute atomic E-state index is 0. The van der Waals surface area contributed by atoms with Crippen LogP contribution in [0.15, 0.2) is 41.2 Å². The number of piperazine rings is 1. The number of hydrogen-bond donors (Lipinski definition) is 2. The molecule has 4 rings (SSSR count). The van der Waals surface area contributed by atoms with Gasteiger partial charge in [-0.1, -0.05) is 44.1 Å². The third kappa shape index (κ3) is 6.58. The maximum absolute atomic E-state index is 13.3. The number of nitrogens with zero attached hydrogens (tertiary/aromatic N) is 4. The van der Waals surface area contributed by atoms with E-state index in [-0.39, 0.29) is 43.3 Å². The minimum Gasteiger partial charge on any atom is -0.367 e. The van der Waals surface area contributed by atoms with Gasteiger partial charge in [0.05, 0.1) is 11.9 Å². The summed E-state index contributed by atoms with van der Waals surface area (Å²) in [4.78, 5) is 22.5. The molecule has 1 atom stereocenters. The van der Waals surface area contributed by atoms with E-state index in [1.807, 2.05) is 45.9 Å². The van der Waals surface area contributed by atoms with E-state index >= 15 is 0 Å². The van der Waals surface area contributed by atoms with Crippen LogP contribution in [0.1, 0.15) is 48.4 Å². The largest absolute Gasteiger partial charge is 0.405 e. The molecule has 37 heavy (non-hydrogen) atoms. The lowest BCUT2D eigenvalue weighted by molar-refractivity contribution is -0.155. The highest BCUT2D eigenvalue weighted by Gasteiger charge is 2.42. The van der Waals surface area contributed by atoms with E-state index in [4.69, 9.17) is 4.52 Å². The number of aromatic nitrogens is 3. The number of rotatable bonds is 5. The lowest BCUT2D eigenvalue weighted by atomic mass is 9.97. The topological polar surface area (TPSA) is 96.2 Å². The first-order valence-electron chi connectivity index (χ1n) is 11.6. The molecular formula is C25H30ClF3N6O2. The van der Waals surface area contributed by atoms with Gasteiger partial charge in [0, 0.05) is 43.4 Å². The van der Waals surface area contributed by atoms with Crippen LogP contribution >= 0.6 is 12.4 Å². The lowest BCUT2D eigenvalue weighted by Gasteiger charge is -2.36. The fourth-order valence-corrected chi connectivity index (χ4v) is 4.01. The molecule has 1 fully saturated rings. The first-order chi connectivity index (χ1) is 16.9. The Labute approximate surface area is 219 Å². The van der Waals surface area contributed by atoms with Crippen molar-refractivity contribution in [3.05, 3.63) is 59.5 Å². The number of nitrogens with one attached hydrogen (secondary N) is 2. The summed E-state index contributed by atoms with van der Waals surface area (Å²) in [5.74, 6) is -0.0803. The van der Waals surface area contributed by atoms with Crippen molar-refractivity contribution in [2.45, 2.75) is 51.9 Å². The van der Waals surface area contributed by atoms with Crippen molar-refractivity contribution in [1.29, 1.82) is 0 Å².